The van der Waals surface area contributed by atoms with Crippen molar-refractivity contribution < 1.29 is 52.8 Å². The number of carbonyl (C=O) groups excluding carboxylic acids is 4. The van der Waals surface area contributed by atoms with Gasteiger partial charge in [0.15, 0.2) is 0 Å². The van der Waals surface area contributed by atoms with E-state index in [1.54, 1.807) is 49.3 Å². The molecule has 364 valence electrons. The predicted molar refractivity (Wildman–Crippen MR) is 244 cm³/mol. The molecule has 1 aliphatic rings. The largest absolute Gasteiger partial charge is 0.394 e. The first-order valence-corrected chi connectivity index (χ1v) is 23.4. The van der Waals surface area contributed by atoms with Crippen LogP contribution in [0.3, 0.4) is 0 Å². The number of rotatable bonds is 31. The molecule has 0 aromatic carbocycles. The molecule has 8 atom stereocenters. The molecule has 1 unspecified atom stereocenters. The minimum Gasteiger partial charge on any atom is -0.394 e. The minimum atomic E-state index is -0.987. The number of likely N-dealkylation sites (N-methyl/N-ethyl adjacent to an activating group) is 2. The molecule has 1 aromatic rings. The van der Waals surface area contributed by atoms with Crippen molar-refractivity contribution in [2.45, 2.75) is 129 Å². The molecule has 18 heteroatoms. The zero-order valence-corrected chi connectivity index (χ0v) is 41.1. The van der Waals surface area contributed by atoms with Gasteiger partial charge in [-0.2, -0.15) is 11.3 Å². The SMILES string of the molecule is CC[C@H](C)C([C@@H](CC(=O)N1CCC[C@H]1[C@H](OC)[C@@H](C)C(=O)N[C@H](CO)Cc1ccsc1)OC)N(C)C(=O)[C@@H](NC(=O)C(C)(C)N(C)CCOCCOCCOCCON)C(C)(C)C. The number of hydrogen-bond donors (Lipinski definition) is 4. The van der Waals surface area contributed by atoms with Gasteiger partial charge in [0.25, 0.3) is 0 Å². The first kappa shape index (κ1) is 56.3. The Morgan fingerprint density at radius 2 is 1.57 bits per heavy atom. The summed E-state index contributed by atoms with van der Waals surface area (Å²) in [4.78, 5) is 66.3. The highest BCUT2D eigenvalue weighted by atomic mass is 32.1. The molecule has 2 heterocycles. The molecular formula is C45H82N6O11S. The van der Waals surface area contributed by atoms with E-state index in [0.717, 1.165) is 12.0 Å². The van der Waals surface area contributed by atoms with Crippen LogP contribution in [0, 0.1) is 17.3 Å². The van der Waals surface area contributed by atoms with E-state index in [0.29, 0.717) is 78.6 Å². The summed E-state index contributed by atoms with van der Waals surface area (Å²) < 4.78 is 28.6. The number of methoxy groups -OCH3 is 2. The molecule has 1 aromatic heterocycles. The van der Waals surface area contributed by atoms with Gasteiger partial charge in [-0.25, -0.2) is 5.90 Å². The van der Waals surface area contributed by atoms with Crippen molar-refractivity contribution in [2.75, 3.05) is 94.3 Å². The van der Waals surface area contributed by atoms with Crippen LogP contribution >= 0.6 is 11.3 Å². The van der Waals surface area contributed by atoms with E-state index in [2.05, 4.69) is 15.5 Å². The quantitative estimate of drug-likeness (QED) is 0.0627. The van der Waals surface area contributed by atoms with Gasteiger partial charge in [-0.15, -0.1) is 0 Å². The monoisotopic (exact) mass is 915 g/mol. The van der Waals surface area contributed by atoms with Crippen LogP contribution in [0.5, 0.6) is 0 Å². The third kappa shape index (κ3) is 17.5. The molecule has 4 amide bonds. The number of carbonyl (C=O) groups is 4. The summed E-state index contributed by atoms with van der Waals surface area (Å²) in [6.45, 7) is 18.7. The standard InChI is InChI=1S/C45H82N6O11S/c1-13-31(2)38(36(57-11)28-37(53)51-17-14-15-35(51)39(58-12)32(3)41(54)47-34(29-52)27-33-16-26-63-30-33)50(10)42(55)40(44(4,5)6)48-43(56)45(7,8)49(9)18-19-59-20-21-60-22-23-61-24-25-62-46/h16,26,30-32,34-36,38-40,52H,13-15,17-25,27-29,46H2,1-12H3,(H,47,54)(H,48,56)/t31-,32+,34-,35-,36+,38?,39+,40+/m0/s1. The molecular weight excluding hydrogens is 833 g/mol. The van der Waals surface area contributed by atoms with Gasteiger partial charge < -0.3 is 54.1 Å². The number of nitrogens with two attached hydrogens (primary N) is 1. The molecule has 0 aliphatic carbocycles. The Balaban J connectivity index is 2.14. The van der Waals surface area contributed by atoms with Gasteiger partial charge in [0, 0.05) is 34.4 Å². The highest BCUT2D eigenvalue weighted by molar-refractivity contribution is 7.07. The topological polar surface area (TPSA) is 204 Å². The van der Waals surface area contributed by atoms with E-state index in [1.807, 2.05) is 77.2 Å². The molecule has 2 rings (SSSR count). The summed E-state index contributed by atoms with van der Waals surface area (Å²) in [5.41, 5.74) is -0.613. The number of amides is 4. The lowest BCUT2D eigenvalue weighted by Crippen LogP contribution is -2.63. The summed E-state index contributed by atoms with van der Waals surface area (Å²) in [5, 5.41) is 20.1. The van der Waals surface area contributed by atoms with Gasteiger partial charge in [-0.1, -0.05) is 48.0 Å². The van der Waals surface area contributed by atoms with Crippen molar-refractivity contribution in [3.63, 3.8) is 0 Å². The summed E-state index contributed by atoms with van der Waals surface area (Å²) in [6, 6.07) is -0.227. The van der Waals surface area contributed by atoms with Crippen LogP contribution < -0.4 is 16.5 Å². The van der Waals surface area contributed by atoms with Crippen LogP contribution in [-0.4, -0.2) is 180 Å². The van der Waals surface area contributed by atoms with E-state index in [9.17, 15) is 24.3 Å². The van der Waals surface area contributed by atoms with Crippen LogP contribution in [0.2, 0.25) is 0 Å². The smallest absolute Gasteiger partial charge is 0.245 e. The van der Waals surface area contributed by atoms with Crippen molar-refractivity contribution in [1.29, 1.82) is 0 Å². The third-order valence-corrected chi connectivity index (χ3v) is 13.2. The lowest BCUT2D eigenvalue weighted by atomic mass is 9.83. The molecule has 0 spiro atoms. The summed E-state index contributed by atoms with van der Waals surface area (Å²) in [6.07, 6.45) is 1.38. The van der Waals surface area contributed by atoms with Crippen molar-refractivity contribution in [1.82, 2.24) is 25.3 Å². The second kappa shape index (κ2) is 28.3. The molecule has 0 bridgehead atoms. The van der Waals surface area contributed by atoms with Gasteiger partial charge in [-0.3, -0.25) is 24.1 Å². The molecule has 0 radical (unpaired) electrons. The van der Waals surface area contributed by atoms with Gasteiger partial charge in [-0.05, 0) is 73.9 Å². The average molecular weight is 915 g/mol. The van der Waals surface area contributed by atoms with E-state index in [1.165, 1.54) is 0 Å². The normalized spacial score (nSPS) is 18.1. The Labute approximate surface area is 381 Å². The fourth-order valence-electron chi connectivity index (χ4n) is 7.96. The summed E-state index contributed by atoms with van der Waals surface area (Å²) in [7, 11) is 6.68. The zero-order chi connectivity index (χ0) is 47.3. The summed E-state index contributed by atoms with van der Waals surface area (Å²) in [5.74, 6) is 3.31. The van der Waals surface area contributed by atoms with E-state index in [4.69, 9.17) is 29.6 Å². The van der Waals surface area contributed by atoms with Crippen LogP contribution in [0.1, 0.15) is 86.6 Å². The second-order valence-electron chi connectivity index (χ2n) is 18.3. The molecule has 1 aliphatic heterocycles. The number of ether oxygens (including phenoxy) is 5. The molecule has 17 nitrogen and oxygen atoms in total. The average Bonchev–Trinajstić information content (AvgIpc) is 3.96. The van der Waals surface area contributed by atoms with Crippen LogP contribution in [0.15, 0.2) is 16.8 Å². The second-order valence-corrected chi connectivity index (χ2v) is 19.1. The third-order valence-electron chi connectivity index (χ3n) is 12.4. The van der Waals surface area contributed by atoms with Crippen LogP contribution in [0.25, 0.3) is 0 Å². The maximum Gasteiger partial charge on any atom is 0.245 e. The number of likely N-dealkylation sites (tertiary alicyclic amines) is 1. The lowest BCUT2D eigenvalue weighted by Gasteiger charge is -2.43. The zero-order valence-electron chi connectivity index (χ0n) is 40.3. The minimum absolute atomic E-state index is 0.00190. The molecule has 1 fully saturated rings. The van der Waals surface area contributed by atoms with Gasteiger partial charge in [0.05, 0.1) is 101 Å². The highest BCUT2D eigenvalue weighted by Crippen LogP contribution is 2.31. The van der Waals surface area contributed by atoms with Crippen molar-refractivity contribution in [2.24, 2.45) is 23.1 Å². The Bertz CT molecular complexity index is 1480. The summed E-state index contributed by atoms with van der Waals surface area (Å²) >= 11 is 1.56. The van der Waals surface area contributed by atoms with E-state index in [-0.39, 0.29) is 48.6 Å². The van der Waals surface area contributed by atoms with Crippen molar-refractivity contribution >= 4 is 35.0 Å². The number of aliphatic hydroxyl groups is 1. The van der Waals surface area contributed by atoms with E-state index >= 15 is 0 Å². The Hall–Kier alpha value is -2.78. The van der Waals surface area contributed by atoms with Crippen LogP contribution in [-0.2, 0) is 54.1 Å². The highest BCUT2D eigenvalue weighted by Gasteiger charge is 2.45. The predicted octanol–water partition coefficient (Wildman–Crippen LogP) is 2.87. The molecule has 5 N–H and O–H groups in total. The van der Waals surface area contributed by atoms with Crippen molar-refractivity contribution in [3.8, 4) is 0 Å². The van der Waals surface area contributed by atoms with Gasteiger partial charge >= 0.3 is 0 Å². The molecule has 63 heavy (non-hydrogen) atoms. The number of nitrogens with one attached hydrogen (secondary N) is 2. The number of aliphatic hydroxyl groups excluding tert-OH is 1. The first-order chi connectivity index (χ1) is 29.8. The lowest BCUT2D eigenvalue weighted by molar-refractivity contribution is -0.149. The number of thiophene rings is 1. The maximum absolute atomic E-state index is 14.7. The number of nitrogens with zero attached hydrogens (tertiary/aromatic N) is 3. The molecule has 1 saturated heterocycles. The Morgan fingerprint density at radius 3 is 2.10 bits per heavy atom. The van der Waals surface area contributed by atoms with Crippen LogP contribution in [0.4, 0.5) is 0 Å². The van der Waals surface area contributed by atoms with E-state index < -0.39 is 47.2 Å². The van der Waals surface area contributed by atoms with Crippen molar-refractivity contribution in [3.05, 3.63) is 22.4 Å². The van der Waals surface area contributed by atoms with Gasteiger partial charge in [0.2, 0.25) is 23.6 Å². The molecule has 0 saturated carbocycles. The Kier molecular flexibility index (Phi) is 25.3. The maximum atomic E-state index is 14.7. The Morgan fingerprint density at radius 1 is 0.952 bits per heavy atom. The fourth-order valence-corrected chi connectivity index (χ4v) is 8.64. The van der Waals surface area contributed by atoms with Gasteiger partial charge in [0.1, 0.15) is 6.04 Å². The first-order valence-electron chi connectivity index (χ1n) is 22.4. The number of hydrogen-bond acceptors (Lipinski definition) is 14. The fraction of sp³-hybridized carbons (Fsp3) is 0.822.